The summed E-state index contributed by atoms with van der Waals surface area (Å²) in [6, 6.07) is 5.70. The molecule has 1 aromatic carbocycles. The number of esters is 1. The van der Waals surface area contributed by atoms with Gasteiger partial charge >= 0.3 is 5.97 Å². The van der Waals surface area contributed by atoms with Crippen molar-refractivity contribution in [2.75, 3.05) is 7.11 Å². The third-order valence-corrected chi connectivity index (χ3v) is 1.61. The molecule has 0 aromatic heterocycles. The van der Waals surface area contributed by atoms with E-state index in [2.05, 4.69) is 16.6 Å². The number of carbonyl (C=O) groups is 1. The Bertz CT molecular complexity index is 492. The summed E-state index contributed by atoms with van der Waals surface area (Å²) >= 11 is 0. The Morgan fingerprint density at radius 1 is 1.53 bits per heavy atom. The molecule has 0 fully saturated rings. The lowest BCUT2D eigenvalue weighted by Crippen LogP contribution is -1.95. The highest BCUT2D eigenvalue weighted by atomic mass is 19.1. The summed E-state index contributed by atoms with van der Waals surface area (Å²) in [4.78, 5) is 10.7. The van der Waals surface area contributed by atoms with Gasteiger partial charge in [-0.3, -0.25) is 0 Å². The van der Waals surface area contributed by atoms with Crippen molar-refractivity contribution in [1.29, 1.82) is 5.26 Å². The summed E-state index contributed by atoms with van der Waals surface area (Å²) in [5.74, 6) is 3.10. The number of nitriles is 1. The fourth-order valence-electron chi connectivity index (χ4n) is 0.911. The van der Waals surface area contributed by atoms with Crippen LogP contribution in [0.3, 0.4) is 0 Å². The molecule has 0 saturated carbocycles. The predicted octanol–water partition coefficient (Wildman–Crippen LogP) is 1.22. The smallest absolute Gasteiger partial charge is 0.384 e. The van der Waals surface area contributed by atoms with Gasteiger partial charge in [-0.05, 0) is 12.1 Å². The van der Waals surface area contributed by atoms with Gasteiger partial charge in [-0.25, -0.2) is 9.18 Å². The Hall–Kier alpha value is -2.33. The molecule has 0 saturated heterocycles. The molecule has 0 aliphatic rings. The van der Waals surface area contributed by atoms with Crippen LogP contribution in [0.25, 0.3) is 0 Å². The number of halogens is 1. The van der Waals surface area contributed by atoms with E-state index in [1.807, 2.05) is 0 Å². The molecular formula is C11H6FNO2. The second kappa shape index (κ2) is 4.78. The van der Waals surface area contributed by atoms with E-state index in [9.17, 15) is 9.18 Å². The van der Waals surface area contributed by atoms with E-state index in [1.54, 1.807) is 6.07 Å². The molecule has 0 heterocycles. The van der Waals surface area contributed by atoms with E-state index in [4.69, 9.17) is 5.26 Å². The normalized spacial score (nSPS) is 8.33. The lowest BCUT2D eigenvalue weighted by atomic mass is 10.1. The molecule has 4 heteroatoms. The Labute approximate surface area is 86.1 Å². The van der Waals surface area contributed by atoms with Crippen molar-refractivity contribution >= 4 is 5.97 Å². The van der Waals surface area contributed by atoms with E-state index in [0.717, 1.165) is 6.07 Å². The monoisotopic (exact) mass is 203 g/mol. The zero-order chi connectivity index (χ0) is 11.3. The van der Waals surface area contributed by atoms with Gasteiger partial charge in [0.05, 0.1) is 7.11 Å². The van der Waals surface area contributed by atoms with Crippen LogP contribution in [-0.4, -0.2) is 13.1 Å². The second-order valence-electron chi connectivity index (χ2n) is 2.52. The van der Waals surface area contributed by atoms with Crippen LogP contribution in [0.4, 0.5) is 4.39 Å². The first-order valence-corrected chi connectivity index (χ1v) is 3.97. The van der Waals surface area contributed by atoms with Crippen LogP contribution in [-0.2, 0) is 9.53 Å². The zero-order valence-electron chi connectivity index (χ0n) is 7.87. The van der Waals surface area contributed by atoms with Crippen LogP contribution in [0.2, 0.25) is 0 Å². The minimum atomic E-state index is -0.733. The molecule has 0 aliphatic heterocycles. The average Bonchev–Trinajstić information content (AvgIpc) is 2.25. The second-order valence-corrected chi connectivity index (χ2v) is 2.52. The number of nitrogens with zero attached hydrogens (tertiary/aromatic N) is 1. The van der Waals surface area contributed by atoms with Crippen molar-refractivity contribution in [2.45, 2.75) is 0 Å². The van der Waals surface area contributed by atoms with Gasteiger partial charge in [-0.15, -0.1) is 0 Å². The molecule has 0 amide bonds. The van der Waals surface area contributed by atoms with Crippen LogP contribution in [0.15, 0.2) is 18.2 Å². The predicted molar refractivity (Wildman–Crippen MR) is 50.0 cm³/mol. The summed E-state index contributed by atoms with van der Waals surface area (Å²) < 4.78 is 17.3. The Balaban J connectivity index is 3.15. The van der Waals surface area contributed by atoms with Gasteiger partial charge in [0.2, 0.25) is 0 Å². The highest BCUT2D eigenvalue weighted by molar-refractivity contribution is 5.89. The zero-order valence-corrected chi connectivity index (χ0v) is 7.87. The number of hydrogen-bond acceptors (Lipinski definition) is 3. The first kappa shape index (κ1) is 10.7. The van der Waals surface area contributed by atoms with Crippen molar-refractivity contribution in [3.05, 3.63) is 35.1 Å². The van der Waals surface area contributed by atoms with Crippen LogP contribution in [0, 0.1) is 29.0 Å². The molecule has 0 bridgehead atoms. The SMILES string of the molecule is COC(=O)C#Cc1cccc(F)c1C#N. The fraction of sp³-hybridized carbons (Fsp3) is 0.0909. The van der Waals surface area contributed by atoms with Gasteiger partial charge in [-0.2, -0.15) is 5.26 Å². The van der Waals surface area contributed by atoms with Gasteiger partial charge < -0.3 is 4.74 Å². The van der Waals surface area contributed by atoms with Gasteiger partial charge in [-0.1, -0.05) is 12.0 Å². The summed E-state index contributed by atoms with van der Waals surface area (Å²) in [7, 11) is 1.19. The molecule has 3 nitrogen and oxygen atoms in total. The molecule has 0 unspecified atom stereocenters. The molecule has 0 atom stereocenters. The lowest BCUT2D eigenvalue weighted by molar-refractivity contribution is -0.133. The maximum absolute atomic E-state index is 13.1. The summed E-state index contributed by atoms with van der Waals surface area (Å²) in [5.41, 5.74) is -0.00296. The maximum atomic E-state index is 13.1. The standard InChI is InChI=1S/C11H6FNO2/c1-15-11(14)6-5-8-3-2-4-10(12)9(8)7-13/h2-4H,1H3. The minimum Gasteiger partial charge on any atom is -0.459 e. The minimum absolute atomic E-state index is 0.169. The average molecular weight is 203 g/mol. The molecule has 15 heavy (non-hydrogen) atoms. The number of rotatable bonds is 0. The van der Waals surface area contributed by atoms with Crippen molar-refractivity contribution < 1.29 is 13.9 Å². The van der Waals surface area contributed by atoms with Crippen molar-refractivity contribution in [3.8, 4) is 17.9 Å². The van der Waals surface area contributed by atoms with Crippen molar-refractivity contribution in [2.24, 2.45) is 0 Å². The van der Waals surface area contributed by atoms with Crippen LogP contribution >= 0.6 is 0 Å². The number of benzene rings is 1. The maximum Gasteiger partial charge on any atom is 0.384 e. The van der Waals surface area contributed by atoms with Crippen LogP contribution in [0.5, 0.6) is 0 Å². The topological polar surface area (TPSA) is 50.1 Å². The first-order valence-electron chi connectivity index (χ1n) is 3.97. The largest absolute Gasteiger partial charge is 0.459 e. The lowest BCUT2D eigenvalue weighted by Gasteiger charge is -1.95. The van der Waals surface area contributed by atoms with Gasteiger partial charge in [0.15, 0.2) is 0 Å². The number of methoxy groups -OCH3 is 1. The first-order chi connectivity index (χ1) is 7.19. The molecule has 1 aromatic rings. The van der Waals surface area contributed by atoms with E-state index in [0.29, 0.717) is 0 Å². The van der Waals surface area contributed by atoms with Crippen molar-refractivity contribution in [1.82, 2.24) is 0 Å². The van der Waals surface area contributed by atoms with Gasteiger partial charge in [0.1, 0.15) is 17.4 Å². The van der Waals surface area contributed by atoms with Crippen molar-refractivity contribution in [3.63, 3.8) is 0 Å². The van der Waals surface area contributed by atoms with E-state index in [-0.39, 0.29) is 11.1 Å². The highest BCUT2D eigenvalue weighted by Crippen LogP contribution is 2.10. The molecule has 0 spiro atoms. The number of carbonyl (C=O) groups excluding carboxylic acids is 1. The van der Waals surface area contributed by atoms with Gasteiger partial charge in [0, 0.05) is 11.5 Å². The summed E-state index contributed by atoms with van der Waals surface area (Å²) in [6.07, 6.45) is 0. The molecule has 1 rings (SSSR count). The highest BCUT2D eigenvalue weighted by Gasteiger charge is 2.05. The molecule has 0 aliphatic carbocycles. The quantitative estimate of drug-likeness (QED) is 0.470. The number of ether oxygens (including phenoxy) is 1. The van der Waals surface area contributed by atoms with Gasteiger partial charge in [0.25, 0.3) is 0 Å². The van der Waals surface area contributed by atoms with E-state index >= 15 is 0 Å². The molecule has 74 valence electrons. The van der Waals surface area contributed by atoms with E-state index in [1.165, 1.54) is 19.2 Å². The number of hydrogen-bond donors (Lipinski definition) is 0. The summed E-state index contributed by atoms with van der Waals surface area (Å²) in [6.45, 7) is 0. The Kier molecular flexibility index (Phi) is 3.43. The molecule has 0 N–H and O–H groups in total. The fourth-order valence-corrected chi connectivity index (χ4v) is 0.911. The van der Waals surface area contributed by atoms with Crippen LogP contribution < -0.4 is 0 Å². The third kappa shape index (κ3) is 2.55. The van der Waals surface area contributed by atoms with Crippen LogP contribution in [0.1, 0.15) is 11.1 Å². The molecular weight excluding hydrogens is 197 g/mol. The molecule has 0 radical (unpaired) electrons. The Morgan fingerprint density at radius 2 is 2.27 bits per heavy atom. The Morgan fingerprint density at radius 3 is 2.87 bits per heavy atom. The van der Waals surface area contributed by atoms with E-state index < -0.39 is 11.8 Å². The third-order valence-electron chi connectivity index (χ3n) is 1.61. The summed E-state index contributed by atoms with van der Waals surface area (Å²) in [5, 5.41) is 8.65.